The fourth-order valence-electron chi connectivity index (χ4n) is 1.70. The first-order valence-corrected chi connectivity index (χ1v) is 8.19. The molecule has 1 rings (SSSR count). The van der Waals surface area contributed by atoms with Crippen molar-refractivity contribution in [3.63, 3.8) is 0 Å². The SMILES string of the molecule is COCC(C)NC(=O)c1cc(S(=O)(=O)Cl)cn1CC(F)F. The average Bonchev–Trinajstić information content (AvgIpc) is 2.71. The minimum absolute atomic E-state index is 0.211. The summed E-state index contributed by atoms with van der Waals surface area (Å²) in [5.41, 5.74) is -0.211. The molecule has 1 unspecified atom stereocenters. The van der Waals surface area contributed by atoms with Gasteiger partial charge in [-0.15, -0.1) is 0 Å². The summed E-state index contributed by atoms with van der Waals surface area (Å²) in [4.78, 5) is 11.6. The summed E-state index contributed by atoms with van der Waals surface area (Å²) in [5, 5.41) is 2.51. The number of aromatic nitrogens is 1. The Morgan fingerprint density at radius 2 is 2.14 bits per heavy atom. The van der Waals surface area contributed by atoms with Crippen LogP contribution in [-0.4, -0.2) is 45.1 Å². The third-order valence-electron chi connectivity index (χ3n) is 2.51. The maximum atomic E-state index is 12.5. The van der Waals surface area contributed by atoms with Crippen molar-refractivity contribution in [2.24, 2.45) is 0 Å². The van der Waals surface area contributed by atoms with Crippen LogP contribution in [0.5, 0.6) is 0 Å². The molecule has 0 saturated heterocycles. The molecule has 0 fully saturated rings. The largest absolute Gasteiger partial charge is 0.383 e. The topological polar surface area (TPSA) is 77.4 Å². The van der Waals surface area contributed by atoms with Crippen molar-refractivity contribution >= 4 is 25.6 Å². The molecule has 120 valence electrons. The number of halogens is 3. The van der Waals surface area contributed by atoms with Crippen LogP contribution in [0, 0.1) is 0 Å². The quantitative estimate of drug-likeness (QED) is 0.759. The van der Waals surface area contributed by atoms with Crippen LogP contribution in [0.15, 0.2) is 17.2 Å². The molecule has 1 heterocycles. The summed E-state index contributed by atoms with van der Waals surface area (Å²) in [5.74, 6) is -0.688. The van der Waals surface area contributed by atoms with Crippen molar-refractivity contribution in [3.8, 4) is 0 Å². The number of nitrogens with zero attached hydrogens (tertiary/aromatic N) is 1. The van der Waals surface area contributed by atoms with E-state index in [0.717, 1.165) is 16.8 Å². The second-order valence-corrected chi connectivity index (χ2v) is 6.94. The molecule has 1 aromatic heterocycles. The molecule has 1 atom stereocenters. The monoisotopic (exact) mass is 344 g/mol. The highest BCUT2D eigenvalue weighted by molar-refractivity contribution is 8.13. The lowest BCUT2D eigenvalue weighted by molar-refractivity contribution is 0.0884. The lowest BCUT2D eigenvalue weighted by Gasteiger charge is -2.14. The van der Waals surface area contributed by atoms with Crippen LogP contribution >= 0.6 is 10.7 Å². The molecule has 0 aliphatic heterocycles. The lowest BCUT2D eigenvalue weighted by atomic mass is 10.3. The fourth-order valence-corrected chi connectivity index (χ4v) is 2.46. The van der Waals surface area contributed by atoms with E-state index in [0.29, 0.717) is 0 Å². The molecule has 0 bridgehead atoms. The number of ether oxygens (including phenoxy) is 1. The molecule has 0 aliphatic carbocycles. The Balaban J connectivity index is 3.08. The third kappa shape index (κ3) is 5.25. The number of carbonyl (C=O) groups excluding carboxylic acids is 1. The third-order valence-corrected chi connectivity index (χ3v) is 3.84. The van der Waals surface area contributed by atoms with E-state index < -0.39 is 32.8 Å². The van der Waals surface area contributed by atoms with Crippen LogP contribution in [0.2, 0.25) is 0 Å². The number of amides is 1. The molecule has 0 aromatic carbocycles. The Labute approximate surface area is 125 Å². The van der Waals surface area contributed by atoms with Crippen LogP contribution in [0.1, 0.15) is 17.4 Å². The van der Waals surface area contributed by atoms with E-state index in [4.69, 9.17) is 15.4 Å². The Bertz CT molecular complexity index is 603. The first kappa shape index (κ1) is 17.9. The molecule has 0 radical (unpaired) electrons. The van der Waals surface area contributed by atoms with Crippen LogP contribution in [0.3, 0.4) is 0 Å². The first-order valence-electron chi connectivity index (χ1n) is 5.88. The minimum atomic E-state index is -4.11. The van der Waals surface area contributed by atoms with E-state index in [9.17, 15) is 22.0 Å². The number of carbonyl (C=O) groups is 1. The molecule has 1 aromatic rings. The van der Waals surface area contributed by atoms with E-state index in [1.165, 1.54) is 7.11 Å². The summed E-state index contributed by atoms with van der Waals surface area (Å²) < 4.78 is 53.2. The Kier molecular flexibility index (Phi) is 6.11. The maximum absolute atomic E-state index is 12.5. The first-order chi connectivity index (χ1) is 9.65. The molecule has 1 amide bonds. The van der Waals surface area contributed by atoms with E-state index >= 15 is 0 Å². The summed E-state index contributed by atoms with van der Waals surface area (Å²) >= 11 is 0. The van der Waals surface area contributed by atoms with E-state index in [2.05, 4.69) is 5.32 Å². The highest BCUT2D eigenvalue weighted by Crippen LogP contribution is 2.19. The molecule has 1 N–H and O–H groups in total. The van der Waals surface area contributed by atoms with Gasteiger partial charge in [0.1, 0.15) is 10.6 Å². The van der Waals surface area contributed by atoms with E-state index in [1.54, 1.807) is 6.92 Å². The smallest absolute Gasteiger partial charge is 0.268 e. The second kappa shape index (κ2) is 7.19. The zero-order valence-electron chi connectivity index (χ0n) is 11.3. The number of nitrogens with one attached hydrogen (secondary N) is 1. The number of hydrogen-bond acceptors (Lipinski definition) is 4. The van der Waals surface area contributed by atoms with Gasteiger partial charge < -0.3 is 14.6 Å². The zero-order valence-corrected chi connectivity index (χ0v) is 12.9. The van der Waals surface area contributed by atoms with Crippen molar-refractivity contribution in [2.45, 2.75) is 30.8 Å². The van der Waals surface area contributed by atoms with Crippen LogP contribution in [0.4, 0.5) is 8.78 Å². The summed E-state index contributed by atoms with van der Waals surface area (Å²) in [6.07, 6.45) is -1.84. The molecule has 10 heteroatoms. The van der Waals surface area contributed by atoms with Gasteiger partial charge in [-0.2, -0.15) is 0 Å². The predicted octanol–water partition coefficient (Wildman–Crippen LogP) is 1.45. The molecule has 21 heavy (non-hydrogen) atoms. The van der Waals surface area contributed by atoms with Crippen molar-refractivity contribution in [1.82, 2.24) is 9.88 Å². The van der Waals surface area contributed by atoms with Gasteiger partial charge in [-0.05, 0) is 13.0 Å². The molecule has 0 aliphatic rings. The molecular weight excluding hydrogens is 330 g/mol. The summed E-state index contributed by atoms with van der Waals surface area (Å²) in [7, 11) is 2.49. The van der Waals surface area contributed by atoms with Crippen molar-refractivity contribution in [1.29, 1.82) is 0 Å². The molecule has 0 spiro atoms. The maximum Gasteiger partial charge on any atom is 0.268 e. The van der Waals surface area contributed by atoms with E-state index in [1.807, 2.05) is 0 Å². The summed E-state index contributed by atoms with van der Waals surface area (Å²) in [6, 6.07) is 0.591. The molecule has 0 saturated carbocycles. The van der Waals surface area contributed by atoms with E-state index in [-0.39, 0.29) is 18.3 Å². The standard InChI is InChI=1S/C11H15ClF2N2O4S/c1-7(6-20-2)15-11(17)9-3-8(21(12,18)19)4-16(9)5-10(13)14/h3-4,7,10H,5-6H2,1-2H3,(H,15,17). The van der Waals surface area contributed by atoms with Gasteiger partial charge in [0.15, 0.2) is 0 Å². The van der Waals surface area contributed by atoms with Gasteiger partial charge in [0.05, 0.1) is 13.2 Å². The fraction of sp³-hybridized carbons (Fsp3) is 0.545. The van der Waals surface area contributed by atoms with Crippen molar-refractivity contribution in [3.05, 3.63) is 18.0 Å². The van der Waals surface area contributed by atoms with Gasteiger partial charge in [-0.1, -0.05) is 0 Å². The predicted molar refractivity (Wildman–Crippen MR) is 72.3 cm³/mol. The van der Waals surface area contributed by atoms with Crippen LogP contribution < -0.4 is 5.32 Å². The van der Waals surface area contributed by atoms with Crippen LogP contribution in [0.25, 0.3) is 0 Å². The van der Waals surface area contributed by atoms with Gasteiger partial charge in [0.25, 0.3) is 21.4 Å². The molecular formula is C11H15ClF2N2O4S. The number of hydrogen-bond donors (Lipinski definition) is 1. The molecule has 6 nitrogen and oxygen atoms in total. The number of methoxy groups -OCH3 is 1. The lowest BCUT2D eigenvalue weighted by Crippen LogP contribution is -2.36. The minimum Gasteiger partial charge on any atom is -0.383 e. The van der Waals surface area contributed by atoms with Crippen molar-refractivity contribution in [2.75, 3.05) is 13.7 Å². The average molecular weight is 345 g/mol. The zero-order chi connectivity index (χ0) is 16.2. The highest BCUT2D eigenvalue weighted by atomic mass is 35.7. The Morgan fingerprint density at radius 3 is 2.62 bits per heavy atom. The van der Waals surface area contributed by atoms with Gasteiger partial charge in [0, 0.05) is 30.0 Å². The highest BCUT2D eigenvalue weighted by Gasteiger charge is 2.22. The second-order valence-electron chi connectivity index (χ2n) is 4.37. The number of alkyl halides is 2. The normalized spacial score (nSPS) is 13.4. The van der Waals surface area contributed by atoms with Crippen LogP contribution in [-0.2, 0) is 20.3 Å². The van der Waals surface area contributed by atoms with Gasteiger partial charge in [-0.3, -0.25) is 4.79 Å². The Hall–Kier alpha value is -1.19. The van der Waals surface area contributed by atoms with Gasteiger partial charge in [-0.25, -0.2) is 17.2 Å². The van der Waals surface area contributed by atoms with Crippen molar-refractivity contribution < 1.29 is 26.7 Å². The summed E-state index contributed by atoms with van der Waals surface area (Å²) in [6.45, 7) is 1.07. The Morgan fingerprint density at radius 1 is 1.52 bits per heavy atom. The van der Waals surface area contributed by atoms with Gasteiger partial charge in [0.2, 0.25) is 0 Å². The van der Waals surface area contributed by atoms with Gasteiger partial charge >= 0.3 is 0 Å². The number of rotatable bonds is 7.